The second kappa shape index (κ2) is 9.21. The molecular formula is C18H29ClN2O3S. The molecule has 7 heteroatoms. The molecule has 0 atom stereocenters. The standard InChI is InChI=1S/C18H28N2O3S.ClH/c1-24(21,22)20-12-8-16-6-7-18(14-17(16)15-20)23-13-5-11-19-9-3-2-4-10-19;/h6-7,14H,2-5,8-13,15H2,1H3;1H. The fourth-order valence-corrected chi connectivity index (χ4v) is 4.34. The van der Waals surface area contributed by atoms with E-state index < -0.39 is 10.0 Å². The lowest BCUT2D eigenvalue weighted by molar-refractivity contribution is 0.205. The van der Waals surface area contributed by atoms with Crippen molar-refractivity contribution >= 4 is 22.4 Å². The average molecular weight is 389 g/mol. The Morgan fingerprint density at radius 1 is 1.08 bits per heavy atom. The van der Waals surface area contributed by atoms with E-state index >= 15 is 0 Å². The number of benzene rings is 1. The topological polar surface area (TPSA) is 49.9 Å². The highest BCUT2D eigenvalue weighted by atomic mass is 35.5. The van der Waals surface area contributed by atoms with Crippen LogP contribution in [0.15, 0.2) is 18.2 Å². The minimum atomic E-state index is -3.13. The van der Waals surface area contributed by atoms with Crippen molar-refractivity contribution in [2.45, 2.75) is 38.6 Å². The number of halogens is 1. The van der Waals surface area contributed by atoms with Crippen LogP contribution in [0.5, 0.6) is 5.75 Å². The highest BCUT2D eigenvalue weighted by molar-refractivity contribution is 7.88. The Morgan fingerprint density at radius 3 is 2.56 bits per heavy atom. The first-order valence-corrected chi connectivity index (χ1v) is 10.8. The van der Waals surface area contributed by atoms with E-state index in [-0.39, 0.29) is 12.4 Å². The number of rotatable bonds is 6. The molecule has 0 spiro atoms. The van der Waals surface area contributed by atoms with Crippen LogP contribution in [0.2, 0.25) is 0 Å². The van der Waals surface area contributed by atoms with Crippen molar-refractivity contribution < 1.29 is 13.2 Å². The Morgan fingerprint density at radius 2 is 1.84 bits per heavy atom. The first kappa shape index (κ1) is 20.5. The summed E-state index contributed by atoms with van der Waals surface area (Å²) in [7, 11) is -3.13. The number of hydrogen-bond acceptors (Lipinski definition) is 4. The van der Waals surface area contributed by atoms with Crippen LogP contribution < -0.4 is 4.74 Å². The van der Waals surface area contributed by atoms with Crippen molar-refractivity contribution in [2.75, 3.05) is 39.0 Å². The smallest absolute Gasteiger partial charge is 0.211 e. The first-order valence-electron chi connectivity index (χ1n) is 8.94. The molecule has 0 radical (unpaired) electrons. The zero-order valence-electron chi connectivity index (χ0n) is 14.9. The summed E-state index contributed by atoms with van der Waals surface area (Å²) in [6, 6.07) is 6.10. The Kier molecular flexibility index (Phi) is 7.55. The normalized spacial score (nSPS) is 19.1. The fourth-order valence-electron chi connectivity index (χ4n) is 3.54. The van der Waals surface area contributed by atoms with Crippen molar-refractivity contribution in [3.8, 4) is 5.75 Å². The molecule has 0 bridgehead atoms. The van der Waals surface area contributed by atoms with Crippen molar-refractivity contribution in [3.05, 3.63) is 29.3 Å². The number of fused-ring (bicyclic) bond motifs is 1. The van der Waals surface area contributed by atoms with Gasteiger partial charge in [-0.2, -0.15) is 4.31 Å². The molecule has 0 N–H and O–H groups in total. The summed E-state index contributed by atoms with van der Waals surface area (Å²) in [6.07, 6.45) is 7.10. The van der Waals surface area contributed by atoms with Gasteiger partial charge in [0.25, 0.3) is 0 Å². The lowest BCUT2D eigenvalue weighted by Crippen LogP contribution is -2.35. The van der Waals surface area contributed by atoms with Crippen LogP contribution in [0.3, 0.4) is 0 Å². The Hall–Kier alpha value is -0.820. The van der Waals surface area contributed by atoms with Gasteiger partial charge in [0, 0.05) is 19.6 Å². The van der Waals surface area contributed by atoms with Crippen LogP contribution in [-0.2, 0) is 23.0 Å². The van der Waals surface area contributed by atoms with E-state index in [2.05, 4.69) is 11.0 Å². The minimum Gasteiger partial charge on any atom is -0.494 e. The highest BCUT2D eigenvalue weighted by Crippen LogP contribution is 2.25. The van der Waals surface area contributed by atoms with Crippen LogP contribution in [0.1, 0.15) is 36.8 Å². The third-order valence-electron chi connectivity index (χ3n) is 4.96. The molecule has 1 aromatic carbocycles. The Balaban J connectivity index is 0.00000225. The zero-order chi connectivity index (χ0) is 17.0. The molecule has 0 saturated carbocycles. The van der Waals surface area contributed by atoms with Crippen LogP contribution >= 0.6 is 12.4 Å². The monoisotopic (exact) mass is 388 g/mol. The molecule has 142 valence electrons. The van der Waals surface area contributed by atoms with Gasteiger partial charge in [-0.1, -0.05) is 12.5 Å². The highest BCUT2D eigenvalue weighted by Gasteiger charge is 2.23. The van der Waals surface area contributed by atoms with Gasteiger partial charge in [0.05, 0.1) is 12.9 Å². The molecule has 5 nitrogen and oxygen atoms in total. The molecule has 1 aromatic rings. The first-order chi connectivity index (χ1) is 11.5. The summed E-state index contributed by atoms with van der Waals surface area (Å²) in [5.74, 6) is 0.850. The Labute approximate surface area is 157 Å². The maximum Gasteiger partial charge on any atom is 0.211 e. The minimum absolute atomic E-state index is 0. The quantitative estimate of drug-likeness (QED) is 0.703. The van der Waals surface area contributed by atoms with Crippen LogP contribution in [0, 0.1) is 0 Å². The summed E-state index contributed by atoms with van der Waals surface area (Å²) in [5.41, 5.74) is 2.30. The predicted octanol–water partition coefficient (Wildman–Crippen LogP) is 2.68. The van der Waals surface area contributed by atoms with Crippen LogP contribution in [0.4, 0.5) is 0 Å². The van der Waals surface area contributed by atoms with Gasteiger partial charge in [-0.25, -0.2) is 8.42 Å². The van der Waals surface area contributed by atoms with Gasteiger partial charge in [-0.05, 0) is 62.0 Å². The molecule has 0 unspecified atom stereocenters. The van der Waals surface area contributed by atoms with E-state index in [0.717, 1.165) is 30.7 Å². The molecule has 1 fully saturated rings. The summed E-state index contributed by atoms with van der Waals surface area (Å²) in [5, 5.41) is 0. The van der Waals surface area contributed by atoms with Crippen molar-refractivity contribution in [1.29, 1.82) is 0 Å². The number of likely N-dealkylation sites (tertiary alicyclic amines) is 1. The van der Waals surface area contributed by atoms with E-state index in [4.69, 9.17) is 4.74 Å². The molecule has 3 rings (SSSR count). The van der Waals surface area contributed by atoms with Crippen molar-refractivity contribution in [1.82, 2.24) is 9.21 Å². The van der Waals surface area contributed by atoms with Gasteiger partial charge in [-0.15, -0.1) is 12.4 Å². The molecule has 0 amide bonds. The van der Waals surface area contributed by atoms with Crippen LogP contribution in [-0.4, -0.2) is 56.7 Å². The molecule has 0 aliphatic carbocycles. The number of sulfonamides is 1. The van der Waals surface area contributed by atoms with E-state index in [1.54, 1.807) is 0 Å². The summed E-state index contributed by atoms with van der Waals surface area (Å²) >= 11 is 0. The third kappa shape index (κ3) is 5.84. The molecule has 25 heavy (non-hydrogen) atoms. The van der Waals surface area contributed by atoms with Gasteiger partial charge in [0.2, 0.25) is 10.0 Å². The summed E-state index contributed by atoms with van der Waals surface area (Å²) in [4.78, 5) is 2.52. The SMILES string of the molecule is CS(=O)(=O)N1CCc2ccc(OCCCN3CCCCC3)cc2C1.Cl. The molecule has 2 aliphatic heterocycles. The van der Waals surface area contributed by atoms with E-state index in [0.29, 0.717) is 19.7 Å². The van der Waals surface area contributed by atoms with E-state index in [1.165, 1.54) is 48.5 Å². The average Bonchev–Trinajstić information content (AvgIpc) is 2.58. The zero-order valence-corrected chi connectivity index (χ0v) is 16.6. The maximum atomic E-state index is 11.7. The molecular weight excluding hydrogens is 360 g/mol. The summed E-state index contributed by atoms with van der Waals surface area (Å²) in [6.45, 7) is 5.29. The largest absolute Gasteiger partial charge is 0.494 e. The van der Waals surface area contributed by atoms with Gasteiger partial charge in [-0.3, -0.25) is 0 Å². The number of nitrogens with zero attached hydrogens (tertiary/aromatic N) is 2. The second-order valence-corrected chi connectivity index (χ2v) is 8.86. The fraction of sp³-hybridized carbons (Fsp3) is 0.667. The van der Waals surface area contributed by atoms with Crippen LogP contribution in [0.25, 0.3) is 0 Å². The third-order valence-corrected chi connectivity index (χ3v) is 6.21. The molecule has 0 aromatic heterocycles. The summed E-state index contributed by atoms with van der Waals surface area (Å²) < 4.78 is 30.9. The number of ether oxygens (including phenoxy) is 1. The second-order valence-electron chi connectivity index (χ2n) is 6.88. The molecule has 2 heterocycles. The lowest BCUT2D eigenvalue weighted by atomic mass is 10.0. The van der Waals surface area contributed by atoms with Gasteiger partial charge < -0.3 is 9.64 Å². The van der Waals surface area contributed by atoms with Gasteiger partial charge >= 0.3 is 0 Å². The van der Waals surface area contributed by atoms with E-state index in [9.17, 15) is 8.42 Å². The maximum absolute atomic E-state index is 11.7. The number of piperidine rings is 1. The molecule has 2 aliphatic rings. The number of hydrogen-bond donors (Lipinski definition) is 0. The van der Waals surface area contributed by atoms with Gasteiger partial charge in [0.1, 0.15) is 5.75 Å². The lowest BCUT2D eigenvalue weighted by Gasteiger charge is -2.27. The van der Waals surface area contributed by atoms with E-state index in [1.807, 2.05) is 12.1 Å². The predicted molar refractivity (Wildman–Crippen MR) is 103 cm³/mol. The Bertz CT molecular complexity index is 660. The molecule has 1 saturated heterocycles. The van der Waals surface area contributed by atoms with Crippen molar-refractivity contribution in [2.24, 2.45) is 0 Å². The van der Waals surface area contributed by atoms with Crippen molar-refractivity contribution in [3.63, 3.8) is 0 Å². The van der Waals surface area contributed by atoms with Gasteiger partial charge in [0.15, 0.2) is 0 Å².